The normalized spacial score (nSPS) is 43.0. The maximum Gasteiger partial charge on any atom is 0.00933 e. The first kappa shape index (κ1) is 16.6. The van der Waals surface area contributed by atoms with Crippen molar-refractivity contribution in [3.63, 3.8) is 0 Å². The van der Waals surface area contributed by atoms with Gasteiger partial charge in [-0.3, -0.25) is 0 Å². The minimum atomic E-state index is 0.272. The molecule has 1 aromatic rings. The van der Waals surface area contributed by atoms with E-state index in [1.54, 1.807) is 11.1 Å². The van der Waals surface area contributed by atoms with Crippen molar-refractivity contribution in [2.45, 2.75) is 85.1 Å². The Morgan fingerprint density at radius 3 is 2.38 bits per heavy atom. The summed E-state index contributed by atoms with van der Waals surface area (Å²) in [4.78, 5) is 0. The summed E-state index contributed by atoms with van der Waals surface area (Å²) in [5, 5.41) is 0. The van der Waals surface area contributed by atoms with Crippen molar-refractivity contribution in [1.29, 1.82) is 0 Å². The van der Waals surface area contributed by atoms with E-state index in [1.807, 2.05) is 0 Å². The molecule has 0 aliphatic heterocycles. The predicted octanol–water partition coefficient (Wildman–Crippen LogP) is 5.30. The number of hydrogen-bond donors (Lipinski definition) is 1. The lowest BCUT2D eigenvalue weighted by Gasteiger charge is -2.62. The van der Waals surface area contributed by atoms with Gasteiger partial charge in [0.1, 0.15) is 0 Å². The molecule has 0 unspecified atom stereocenters. The van der Waals surface area contributed by atoms with Gasteiger partial charge in [-0.25, -0.2) is 0 Å². The molecule has 0 heterocycles. The van der Waals surface area contributed by atoms with E-state index in [1.165, 1.54) is 43.2 Å². The van der Waals surface area contributed by atoms with Crippen LogP contribution in [0.3, 0.4) is 0 Å². The second-order valence-corrected chi connectivity index (χ2v) is 10.4. The number of nitrogens with two attached hydrogens (primary N) is 1. The highest BCUT2D eigenvalue weighted by Crippen LogP contribution is 2.67. The molecule has 132 valence electrons. The molecule has 2 saturated carbocycles. The van der Waals surface area contributed by atoms with Gasteiger partial charge in [0, 0.05) is 6.04 Å². The van der Waals surface area contributed by atoms with Crippen LogP contribution in [0, 0.1) is 36.5 Å². The second kappa shape index (κ2) is 4.87. The Bertz CT molecular complexity index is 688. The molecule has 0 radical (unpaired) electrons. The van der Waals surface area contributed by atoms with Crippen LogP contribution in [0.5, 0.6) is 0 Å². The number of rotatable bonds is 0. The van der Waals surface area contributed by atoms with Crippen LogP contribution >= 0.6 is 0 Å². The highest BCUT2D eigenvalue weighted by Gasteiger charge is 2.62. The minimum Gasteiger partial charge on any atom is -0.327 e. The highest BCUT2D eigenvalue weighted by molar-refractivity contribution is 5.49. The van der Waals surface area contributed by atoms with E-state index in [0.29, 0.717) is 16.9 Å². The van der Waals surface area contributed by atoms with Crippen LogP contribution in [0.25, 0.3) is 0 Å². The van der Waals surface area contributed by atoms with Gasteiger partial charge in [-0.15, -0.1) is 0 Å². The molecular weight excluding hydrogens is 290 g/mol. The molecule has 3 aliphatic rings. The van der Waals surface area contributed by atoms with Crippen molar-refractivity contribution >= 4 is 0 Å². The summed E-state index contributed by atoms with van der Waals surface area (Å²) in [6, 6.07) is 5.25. The Morgan fingerprint density at radius 1 is 0.958 bits per heavy atom. The summed E-state index contributed by atoms with van der Waals surface area (Å²) in [5.74, 6) is 1.55. The molecule has 0 aromatic heterocycles. The summed E-state index contributed by atoms with van der Waals surface area (Å²) in [6.07, 6.45) is 6.48. The highest BCUT2D eigenvalue weighted by atomic mass is 14.8. The molecule has 3 aliphatic carbocycles. The molecule has 0 amide bonds. The standard InChI is InChI=1S/C23H35N/c1-14-11-15(2)20-16(12-14)13-18-22(5)10-8-19(24)21(3,4)17(22)7-9-23(18,20)6/h11-12,17-19H,7-10,13,24H2,1-6H3/t17-,18+,19-,22-,23+/m1/s1. The maximum absolute atomic E-state index is 6.58. The molecule has 0 saturated heterocycles. The monoisotopic (exact) mass is 325 g/mol. The Morgan fingerprint density at radius 2 is 1.67 bits per heavy atom. The van der Waals surface area contributed by atoms with Gasteiger partial charge in [0.25, 0.3) is 0 Å². The lowest BCUT2D eigenvalue weighted by molar-refractivity contribution is -0.107. The Hall–Kier alpha value is -0.820. The lowest BCUT2D eigenvalue weighted by atomic mass is 9.42. The molecule has 4 rings (SSSR count). The predicted molar refractivity (Wildman–Crippen MR) is 102 cm³/mol. The fraction of sp³-hybridized carbons (Fsp3) is 0.739. The number of fused-ring (bicyclic) bond motifs is 5. The van der Waals surface area contributed by atoms with Gasteiger partial charge in [-0.2, -0.15) is 0 Å². The van der Waals surface area contributed by atoms with Gasteiger partial charge >= 0.3 is 0 Å². The zero-order chi connectivity index (χ0) is 17.5. The van der Waals surface area contributed by atoms with Crippen molar-refractivity contribution in [3.05, 3.63) is 34.4 Å². The zero-order valence-corrected chi connectivity index (χ0v) is 16.5. The molecular formula is C23H35N. The Balaban J connectivity index is 1.83. The minimum absolute atomic E-state index is 0.272. The maximum atomic E-state index is 6.58. The van der Waals surface area contributed by atoms with Gasteiger partial charge in [0.15, 0.2) is 0 Å². The first-order chi connectivity index (χ1) is 11.1. The molecule has 2 fully saturated rings. The number of aryl methyl sites for hydroxylation is 2. The first-order valence-corrected chi connectivity index (χ1v) is 9.97. The molecule has 1 heteroatoms. The SMILES string of the molecule is Cc1cc(C)c2c(c1)C[C@H]1[C@]3(C)CC[C@@H](N)C(C)(C)[C@H]3CC[C@]21C. The van der Waals surface area contributed by atoms with Crippen LogP contribution in [0.2, 0.25) is 0 Å². The van der Waals surface area contributed by atoms with Crippen LogP contribution in [0.15, 0.2) is 12.1 Å². The van der Waals surface area contributed by atoms with E-state index in [-0.39, 0.29) is 5.41 Å². The molecule has 1 nitrogen and oxygen atoms in total. The quantitative estimate of drug-likeness (QED) is 0.688. The third-order valence-electron chi connectivity index (χ3n) is 8.72. The first-order valence-electron chi connectivity index (χ1n) is 9.97. The van der Waals surface area contributed by atoms with E-state index >= 15 is 0 Å². The summed E-state index contributed by atoms with van der Waals surface area (Å²) < 4.78 is 0. The van der Waals surface area contributed by atoms with Crippen LogP contribution in [-0.4, -0.2) is 6.04 Å². The fourth-order valence-corrected chi connectivity index (χ4v) is 7.60. The lowest BCUT2D eigenvalue weighted by Crippen LogP contribution is -2.60. The molecule has 1 aromatic carbocycles. The molecule has 24 heavy (non-hydrogen) atoms. The summed E-state index contributed by atoms with van der Waals surface area (Å²) in [5.41, 5.74) is 14.0. The van der Waals surface area contributed by atoms with Crippen molar-refractivity contribution in [2.75, 3.05) is 0 Å². The third kappa shape index (κ3) is 1.91. The number of benzene rings is 1. The van der Waals surface area contributed by atoms with Crippen LogP contribution in [0.4, 0.5) is 0 Å². The third-order valence-corrected chi connectivity index (χ3v) is 8.72. The van der Waals surface area contributed by atoms with E-state index in [0.717, 1.165) is 11.8 Å². The van der Waals surface area contributed by atoms with E-state index in [2.05, 4.69) is 53.7 Å². The molecule has 0 bridgehead atoms. The van der Waals surface area contributed by atoms with Gasteiger partial charge in [0.2, 0.25) is 0 Å². The summed E-state index contributed by atoms with van der Waals surface area (Å²) in [7, 11) is 0. The van der Waals surface area contributed by atoms with E-state index in [4.69, 9.17) is 5.73 Å². The smallest absolute Gasteiger partial charge is 0.00933 e. The Labute approximate surface area is 148 Å². The topological polar surface area (TPSA) is 26.0 Å². The largest absolute Gasteiger partial charge is 0.327 e. The average Bonchev–Trinajstić information content (AvgIpc) is 2.77. The van der Waals surface area contributed by atoms with Crippen molar-refractivity contribution in [2.24, 2.45) is 28.4 Å². The van der Waals surface area contributed by atoms with Gasteiger partial charge in [0.05, 0.1) is 0 Å². The van der Waals surface area contributed by atoms with Crippen molar-refractivity contribution in [1.82, 2.24) is 0 Å². The average molecular weight is 326 g/mol. The second-order valence-electron chi connectivity index (χ2n) is 10.4. The van der Waals surface area contributed by atoms with E-state index < -0.39 is 0 Å². The van der Waals surface area contributed by atoms with Gasteiger partial charge in [-0.05, 0) is 90.7 Å². The summed E-state index contributed by atoms with van der Waals surface area (Å²) in [6.45, 7) is 14.7. The molecule has 5 atom stereocenters. The van der Waals surface area contributed by atoms with Crippen LogP contribution < -0.4 is 5.73 Å². The van der Waals surface area contributed by atoms with Crippen molar-refractivity contribution < 1.29 is 0 Å². The summed E-state index contributed by atoms with van der Waals surface area (Å²) >= 11 is 0. The fourth-order valence-electron chi connectivity index (χ4n) is 7.60. The van der Waals surface area contributed by atoms with Crippen LogP contribution in [0.1, 0.15) is 75.6 Å². The van der Waals surface area contributed by atoms with E-state index in [9.17, 15) is 0 Å². The Kier molecular flexibility index (Phi) is 3.38. The van der Waals surface area contributed by atoms with Crippen molar-refractivity contribution in [3.8, 4) is 0 Å². The van der Waals surface area contributed by atoms with Crippen LogP contribution in [-0.2, 0) is 11.8 Å². The van der Waals surface area contributed by atoms with Gasteiger partial charge in [-0.1, -0.05) is 45.4 Å². The molecule has 0 spiro atoms. The number of hydrogen-bond acceptors (Lipinski definition) is 1. The zero-order valence-electron chi connectivity index (χ0n) is 16.5. The molecule has 2 N–H and O–H groups in total. The van der Waals surface area contributed by atoms with Gasteiger partial charge < -0.3 is 5.73 Å².